The molecule has 1 amide bonds. The molecule has 0 aliphatic heterocycles. The van der Waals surface area contributed by atoms with Gasteiger partial charge in [-0.3, -0.25) is 4.79 Å². The molecule has 0 fully saturated rings. The molecule has 7 nitrogen and oxygen atoms in total. The second-order valence-corrected chi connectivity index (χ2v) is 6.94. The minimum Gasteiger partial charge on any atom is -0.507 e. The minimum atomic E-state index is -0.544. The number of rotatable bonds is 4. The number of phenolic OH excluding ortho intramolecular Hbond substituents is 1. The maximum atomic E-state index is 12.1. The molecule has 0 atom stereocenters. The number of hydrazone groups is 1. The summed E-state index contributed by atoms with van der Waals surface area (Å²) in [4.78, 5) is 27.1. The number of aromatic nitrogens is 2. The Hall–Kier alpha value is -3.78. The molecule has 8 heteroatoms. The number of hydrogen-bond acceptors (Lipinski definition) is 5. The van der Waals surface area contributed by atoms with Crippen LogP contribution in [0.15, 0.2) is 76.9 Å². The second-order valence-electron chi connectivity index (χ2n) is 5.92. The first-order chi connectivity index (χ1) is 13.6. The number of carbonyl (C=O) groups is 1. The van der Waals surface area contributed by atoms with Crippen LogP contribution in [-0.4, -0.2) is 22.2 Å². The SMILES string of the molecule is O=C(NN=Cc1sc(=O)[nH]c1-[n+]1ccc2ccccc2c1)c1ccccc1O. The van der Waals surface area contributed by atoms with Crippen LogP contribution in [0.25, 0.3) is 16.6 Å². The van der Waals surface area contributed by atoms with Gasteiger partial charge in [-0.05, 0) is 34.9 Å². The number of thiazole rings is 1. The fraction of sp³-hybridized carbons (Fsp3) is 0. The van der Waals surface area contributed by atoms with E-state index in [9.17, 15) is 14.7 Å². The number of nitrogens with zero attached hydrogens (tertiary/aromatic N) is 2. The fourth-order valence-electron chi connectivity index (χ4n) is 2.76. The number of aromatic amines is 1. The van der Waals surface area contributed by atoms with Crippen LogP contribution in [0, 0.1) is 0 Å². The van der Waals surface area contributed by atoms with E-state index in [4.69, 9.17) is 0 Å². The molecule has 0 saturated heterocycles. The third-order valence-corrected chi connectivity index (χ3v) is 4.91. The highest BCUT2D eigenvalue weighted by molar-refractivity contribution is 7.11. The van der Waals surface area contributed by atoms with E-state index in [0.717, 1.165) is 22.1 Å². The van der Waals surface area contributed by atoms with E-state index in [1.807, 2.05) is 42.7 Å². The predicted molar refractivity (Wildman–Crippen MR) is 107 cm³/mol. The van der Waals surface area contributed by atoms with E-state index in [1.165, 1.54) is 18.3 Å². The van der Waals surface area contributed by atoms with Crippen molar-refractivity contribution in [1.82, 2.24) is 10.4 Å². The number of para-hydroxylation sites is 1. The van der Waals surface area contributed by atoms with Gasteiger partial charge in [0, 0.05) is 5.39 Å². The van der Waals surface area contributed by atoms with Crippen LogP contribution in [0.5, 0.6) is 5.75 Å². The van der Waals surface area contributed by atoms with Gasteiger partial charge in [-0.15, -0.1) is 0 Å². The first kappa shape index (κ1) is 17.6. The van der Waals surface area contributed by atoms with Gasteiger partial charge in [0.1, 0.15) is 16.8 Å². The molecule has 0 aliphatic carbocycles. The van der Waals surface area contributed by atoms with Gasteiger partial charge >= 0.3 is 10.7 Å². The maximum absolute atomic E-state index is 12.1. The molecule has 0 radical (unpaired) electrons. The molecule has 2 heterocycles. The average Bonchev–Trinajstić information content (AvgIpc) is 3.08. The number of pyridine rings is 1. The number of fused-ring (bicyclic) bond motifs is 1. The first-order valence-corrected chi connectivity index (χ1v) is 9.18. The molecule has 3 N–H and O–H groups in total. The van der Waals surface area contributed by atoms with Crippen molar-refractivity contribution in [3.05, 3.63) is 87.1 Å². The van der Waals surface area contributed by atoms with Crippen LogP contribution < -0.4 is 14.9 Å². The minimum absolute atomic E-state index is 0.117. The molecule has 4 aromatic rings. The van der Waals surface area contributed by atoms with Crippen LogP contribution in [-0.2, 0) is 0 Å². The van der Waals surface area contributed by atoms with Crippen LogP contribution in [0.2, 0.25) is 0 Å². The number of aromatic hydroxyl groups is 1. The summed E-state index contributed by atoms with van der Waals surface area (Å²) in [5.74, 6) is -0.118. The summed E-state index contributed by atoms with van der Waals surface area (Å²) in [6.45, 7) is 0. The zero-order chi connectivity index (χ0) is 19.5. The summed E-state index contributed by atoms with van der Waals surface area (Å²) in [7, 11) is 0. The van der Waals surface area contributed by atoms with Crippen LogP contribution in [0.4, 0.5) is 0 Å². The lowest BCUT2D eigenvalue weighted by atomic mass is 10.2. The van der Waals surface area contributed by atoms with Crippen molar-refractivity contribution >= 4 is 34.2 Å². The summed E-state index contributed by atoms with van der Waals surface area (Å²) in [6.07, 6.45) is 5.15. The van der Waals surface area contributed by atoms with E-state index in [2.05, 4.69) is 15.5 Å². The quantitative estimate of drug-likeness (QED) is 0.283. The normalized spacial score (nSPS) is 11.1. The largest absolute Gasteiger partial charge is 0.507 e. The number of H-pyrrole nitrogens is 1. The third kappa shape index (κ3) is 3.53. The van der Waals surface area contributed by atoms with E-state index in [0.29, 0.717) is 10.7 Å². The smallest absolute Gasteiger partial charge is 0.390 e. The molecule has 0 spiro atoms. The lowest BCUT2D eigenvalue weighted by Crippen LogP contribution is -2.32. The van der Waals surface area contributed by atoms with Gasteiger partial charge in [0.25, 0.3) is 5.91 Å². The molecular formula is C20H15N4O3S+. The summed E-state index contributed by atoms with van der Waals surface area (Å²) >= 11 is 0.983. The molecule has 2 aromatic carbocycles. The van der Waals surface area contributed by atoms with Crippen molar-refractivity contribution in [1.29, 1.82) is 0 Å². The monoisotopic (exact) mass is 391 g/mol. The molecule has 0 aliphatic rings. The molecule has 0 unspecified atom stereocenters. The number of amides is 1. The standard InChI is InChI=1S/C20H14N4O3S/c25-16-8-4-3-7-15(16)19(26)23-21-11-17-18(22-20(27)28-17)24-10-9-13-5-1-2-6-14(13)12-24/h1-12H,(H2-,21,22,23,25,26,27)/p+1. The van der Waals surface area contributed by atoms with Crippen molar-refractivity contribution in [2.75, 3.05) is 0 Å². The maximum Gasteiger partial charge on any atom is 0.390 e. The second kappa shape index (κ2) is 7.45. The van der Waals surface area contributed by atoms with Gasteiger partial charge in [-0.2, -0.15) is 10.1 Å². The van der Waals surface area contributed by atoms with Crippen molar-refractivity contribution in [2.24, 2.45) is 5.10 Å². The number of hydrogen-bond donors (Lipinski definition) is 3. The predicted octanol–water partition coefficient (Wildman–Crippen LogP) is 2.34. The highest BCUT2D eigenvalue weighted by Crippen LogP contribution is 2.15. The summed E-state index contributed by atoms with van der Waals surface area (Å²) in [6, 6.07) is 16.0. The molecule has 4 rings (SSSR count). The fourth-order valence-corrected chi connectivity index (χ4v) is 3.47. The van der Waals surface area contributed by atoms with Crippen molar-refractivity contribution < 1.29 is 14.5 Å². The van der Waals surface area contributed by atoms with Crippen LogP contribution >= 0.6 is 11.3 Å². The summed E-state index contributed by atoms with van der Waals surface area (Å²) < 4.78 is 1.80. The van der Waals surface area contributed by atoms with Gasteiger partial charge in [0.05, 0.1) is 18.0 Å². The number of carbonyl (C=O) groups excluding carboxylic acids is 1. The Labute approximate surface area is 163 Å². The van der Waals surface area contributed by atoms with Gasteiger partial charge in [0.2, 0.25) is 0 Å². The van der Waals surface area contributed by atoms with Crippen LogP contribution in [0.3, 0.4) is 0 Å². The van der Waals surface area contributed by atoms with E-state index < -0.39 is 5.91 Å². The van der Waals surface area contributed by atoms with Gasteiger partial charge in [-0.1, -0.05) is 36.4 Å². The molecule has 28 heavy (non-hydrogen) atoms. The van der Waals surface area contributed by atoms with E-state index in [1.54, 1.807) is 16.7 Å². The molecule has 0 bridgehead atoms. The highest BCUT2D eigenvalue weighted by atomic mass is 32.1. The Morgan fingerprint density at radius 1 is 1.11 bits per heavy atom. The molecule has 0 saturated carbocycles. The Kier molecular flexibility index (Phi) is 4.69. The first-order valence-electron chi connectivity index (χ1n) is 8.37. The Balaban J connectivity index is 1.61. The van der Waals surface area contributed by atoms with E-state index in [-0.39, 0.29) is 16.2 Å². The Morgan fingerprint density at radius 3 is 2.68 bits per heavy atom. The van der Waals surface area contributed by atoms with Crippen molar-refractivity contribution in [3.63, 3.8) is 0 Å². The van der Waals surface area contributed by atoms with Gasteiger partial charge in [-0.25, -0.2) is 14.8 Å². The Bertz CT molecular complexity index is 1260. The number of phenols is 1. The topological polar surface area (TPSA) is 98.4 Å². The van der Waals surface area contributed by atoms with E-state index >= 15 is 0 Å². The zero-order valence-electron chi connectivity index (χ0n) is 14.5. The molecule has 138 valence electrons. The number of benzene rings is 2. The van der Waals surface area contributed by atoms with Gasteiger partial charge < -0.3 is 5.11 Å². The van der Waals surface area contributed by atoms with Crippen molar-refractivity contribution in [2.45, 2.75) is 0 Å². The van der Waals surface area contributed by atoms with Crippen molar-refractivity contribution in [3.8, 4) is 11.6 Å². The lowest BCUT2D eigenvalue weighted by molar-refractivity contribution is -0.597. The molecular weight excluding hydrogens is 376 g/mol. The summed E-state index contributed by atoms with van der Waals surface area (Å²) in [5, 5.41) is 15.7. The average molecular weight is 391 g/mol. The lowest BCUT2D eigenvalue weighted by Gasteiger charge is -2.02. The third-order valence-electron chi connectivity index (χ3n) is 4.10. The zero-order valence-corrected chi connectivity index (χ0v) is 15.3. The number of nitrogens with one attached hydrogen (secondary N) is 2. The summed E-state index contributed by atoms with van der Waals surface area (Å²) in [5.41, 5.74) is 2.47. The Morgan fingerprint density at radius 2 is 1.86 bits per heavy atom. The van der Waals surface area contributed by atoms with Crippen LogP contribution in [0.1, 0.15) is 15.2 Å². The van der Waals surface area contributed by atoms with Gasteiger partial charge in [0.15, 0.2) is 0 Å². The highest BCUT2D eigenvalue weighted by Gasteiger charge is 2.17. The molecule has 2 aromatic heterocycles.